The third kappa shape index (κ3) is 4.76. The summed E-state index contributed by atoms with van der Waals surface area (Å²) in [6.45, 7) is 10.5. The van der Waals surface area contributed by atoms with Crippen LogP contribution in [0.1, 0.15) is 39.7 Å². The van der Waals surface area contributed by atoms with Gasteiger partial charge < -0.3 is 15.3 Å². The number of nitrogens with one attached hydrogen (secondary N) is 1. The number of halogens is 1. The summed E-state index contributed by atoms with van der Waals surface area (Å²) in [5, 5.41) is 12.3. The van der Waals surface area contributed by atoms with Gasteiger partial charge in [-0.2, -0.15) is 0 Å². The summed E-state index contributed by atoms with van der Waals surface area (Å²) in [5.41, 5.74) is 1.43. The van der Waals surface area contributed by atoms with E-state index in [0.29, 0.717) is 18.7 Å². The van der Waals surface area contributed by atoms with Crippen LogP contribution >= 0.6 is 0 Å². The Morgan fingerprint density at radius 2 is 1.90 bits per heavy atom. The van der Waals surface area contributed by atoms with Crippen LogP contribution in [-0.2, 0) is 6.54 Å². The van der Waals surface area contributed by atoms with Gasteiger partial charge in [0.2, 0.25) is 0 Å². The van der Waals surface area contributed by atoms with Crippen LogP contribution in [0.25, 0.3) is 0 Å². The molecule has 1 rings (SSSR count). The summed E-state index contributed by atoms with van der Waals surface area (Å²) in [6, 6.07) is 5.40. The standard InChI is InChI=1S/C16H27FN2O/c1-5-19(6-2)15-8-7-13(11-14(15)17)12-18-16(3,4)9-10-20/h7-8,11,18,20H,5-6,9-10,12H2,1-4H3. The van der Waals surface area contributed by atoms with Crippen LogP contribution in [0.2, 0.25) is 0 Å². The Balaban J connectivity index is 2.73. The Labute approximate surface area is 121 Å². The molecule has 0 aromatic heterocycles. The fraction of sp³-hybridized carbons (Fsp3) is 0.625. The average Bonchev–Trinajstić information content (AvgIpc) is 2.40. The van der Waals surface area contributed by atoms with E-state index in [9.17, 15) is 4.39 Å². The van der Waals surface area contributed by atoms with E-state index in [0.717, 1.165) is 18.7 Å². The van der Waals surface area contributed by atoms with Crippen molar-refractivity contribution in [2.24, 2.45) is 0 Å². The highest BCUT2D eigenvalue weighted by molar-refractivity contribution is 5.49. The molecule has 0 radical (unpaired) electrons. The van der Waals surface area contributed by atoms with Gasteiger partial charge in [-0.05, 0) is 51.8 Å². The first kappa shape index (κ1) is 16.9. The highest BCUT2D eigenvalue weighted by atomic mass is 19.1. The van der Waals surface area contributed by atoms with Crippen molar-refractivity contribution in [3.05, 3.63) is 29.6 Å². The summed E-state index contributed by atoms with van der Waals surface area (Å²) in [5.74, 6) is -0.173. The van der Waals surface area contributed by atoms with Gasteiger partial charge in [-0.25, -0.2) is 4.39 Å². The molecule has 0 aliphatic rings. The first-order chi connectivity index (χ1) is 9.43. The maximum Gasteiger partial charge on any atom is 0.146 e. The lowest BCUT2D eigenvalue weighted by molar-refractivity contribution is 0.230. The van der Waals surface area contributed by atoms with Gasteiger partial charge in [-0.15, -0.1) is 0 Å². The van der Waals surface area contributed by atoms with Gasteiger partial charge in [-0.3, -0.25) is 0 Å². The molecule has 0 saturated carbocycles. The Bertz CT molecular complexity index is 417. The van der Waals surface area contributed by atoms with Gasteiger partial charge in [0.25, 0.3) is 0 Å². The van der Waals surface area contributed by atoms with E-state index in [4.69, 9.17) is 5.11 Å². The van der Waals surface area contributed by atoms with Crippen molar-refractivity contribution in [1.29, 1.82) is 0 Å². The molecule has 0 atom stereocenters. The predicted molar refractivity (Wildman–Crippen MR) is 82.6 cm³/mol. The molecule has 0 amide bonds. The number of nitrogens with zero attached hydrogens (tertiary/aromatic N) is 1. The zero-order chi connectivity index (χ0) is 15.2. The normalized spacial score (nSPS) is 11.7. The third-order valence-corrected chi connectivity index (χ3v) is 3.62. The molecule has 0 unspecified atom stereocenters. The first-order valence-electron chi connectivity index (χ1n) is 7.32. The number of aliphatic hydroxyl groups is 1. The van der Waals surface area contributed by atoms with Gasteiger partial charge in [0.1, 0.15) is 5.82 Å². The van der Waals surface area contributed by atoms with Crippen LogP contribution in [0.4, 0.5) is 10.1 Å². The lowest BCUT2D eigenvalue weighted by Crippen LogP contribution is -2.39. The topological polar surface area (TPSA) is 35.5 Å². The Kier molecular flexibility index (Phi) is 6.43. The van der Waals surface area contributed by atoms with Gasteiger partial charge in [-0.1, -0.05) is 6.07 Å². The fourth-order valence-electron chi connectivity index (χ4n) is 2.19. The molecule has 3 nitrogen and oxygen atoms in total. The molecule has 0 heterocycles. The quantitative estimate of drug-likeness (QED) is 0.769. The summed E-state index contributed by atoms with van der Waals surface area (Å²) in [7, 11) is 0. The van der Waals surface area contributed by atoms with Gasteiger partial charge in [0.15, 0.2) is 0 Å². The molecule has 0 aliphatic carbocycles. The average molecular weight is 282 g/mol. The summed E-state index contributed by atoms with van der Waals surface area (Å²) < 4.78 is 14.1. The number of hydrogen-bond acceptors (Lipinski definition) is 3. The molecule has 20 heavy (non-hydrogen) atoms. The second kappa shape index (κ2) is 7.60. The second-order valence-electron chi connectivity index (χ2n) is 5.67. The number of anilines is 1. The van der Waals surface area contributed by atoms with E-state index >= 15 is 0 Å². The maximum atomic E-state index is 14.1. The van der Waals surface area contributed by atoms with Crippen molar-refractivity contribution in [1.82, 2.24) is 5.32 Å². The summed E-state index contributed by atoms with van der Waals surface area (Å²) >= 11 is 0. The minimum atomic E-state index is -0.173. The van der Waals surface area contributed by atoms with Gasteiger partial charge >= 0.3 is 0 Å². The lowest BCUT2D eigenvalue weighted by atomic mass is 10.0. The molecule has 0 bridgehead atoms. The SMILES string of the molecule is CCN(CC)c1ccc(CNC(C)(C)CCO)cc1F. The Morgan fingerprint density at radius 1 is 1.25 bits per heavy atom. The number of rotatable bonds is 8. The molecule has 0 fully saturated rings. The van der Waals surface area contributed by atoms with Crippen LogP contribution in [0.3, 0.4) is 0 Å². The van der Waals surface area contributed by atoms with E-state index in [1.807, 2.05) is 44.7 Å². The van der Waals surface area contributed by atoms with Crippen LogP contribution in [0, 0.1) is 5.82 Å². The summed E-state index contributed by atoms with van der Waals surface area (Å²) in [4.78, 5) is 2.00. The van der Waals surface area contributed by atoms with Crippen molar-refractivity contribution in [2.45, 2.75) is 46.2 Å². The van der Waals surface area contributed by atoms with E-state index in [1.165, 1.54) is 0 Å². The molecule has 4 heteroatoms. The van der Waals surface area contributed by atoms with E-state index in [-0.39, 0.29) is 18.0 Å². The second-order valence-corrected chi connectivity index (χ2v) is 5.67. The Morgan fingerprint density at radius 3 is 2.40 bits per heavy atom. The molecule has 0 saturated heterocycles. The van der Waals surface area contributed by atoms with Crippen molar-refractivity contribution >= 4 is 5.69 Å². The smallest absolute Gasteiger partial charge is 0.146 e. The zero-order valence-electron chi connectivity index (χ0n) is 13.0. The van der Waals surface area contributed by atoms with Crippen molar-refractivity contribution in [3.63, 3.8) is 0 Å². The monoisotopic (exact) mass is 282 g/mol. The zero-order valence-corrected chi connectivity index (χ0v) is 13.0. The highest BCUT2D eigenvalue weighted by Gasteiger charge is 2.16. The molecule has 1 aromatic rings. The van der Waals surface area contributed by atoms with Crippen LogP contribution in [0.5, 0.6) is 0 Å². The van der Waals surface area contributed by atoms with Crippen molar-refractivity contribution in [2.75, 3.05) is 24.6 Å². The van der Waals surface area contributed by atoms with Crippen LogP contribution in [0.15, 0.2) is 18.2 Å². The number of aliphatic hydroxyl groups excluding tert-OH is 1. The lowest BCUT2D eigenvalue weighted by Gasteiger charge is -2.26. The van der Waals surface area contributed by atoms with Crippen LogP contribution < -0.4 is 10.2 Å². The first-order valence-corrected chi connectivity index (χ1v) is 7.32. The molecule has 0 aliphatic heterocycles. The minimum Gasteiger partial charge on any atom is -0.396 e. The van der Waals surface area contributed by atoms with Crippen molar-refractivity contribution in [3.8, 4) is 0 Å². The number of hydrogen-bond donors (Lipinski definition) is 2. The predicted octanol–water partition coefficient (Wildman–Crippen LogP) is 2.92. The third-order valence-electron chi connectivity index (χ3n) is 3.62. The minimum absolute atomic E-state index is 0.148. The molecular formula is C16H27FN2O. The Hall–Kier alpha value is -1.13. The molecule has 0 spiro atoms. The summed E-state index contributed by atoms with van der Waals surface area (Å²) in [6.07, 6.45) is 0.674. The van der Waals surface area contributed by atoms with Crippen LogP contribution in [-0.4, -0.2) is 30.3 Å². The molecule has 114 valence electrons. The van der Waals surface area contributed by atoms with E-state index < -0.39 is 0 Å². The van der Waals surface area contributed by atoms with E-state index in [2.05, 4.69) is 5.32 Å². The van der Waals surface area contributed by atoms with Gasteiger partial charge in [0.05, 0.1) is 5.69 Å². The molecular weight excluding hydrogens is 255 g/mol. The molecule has 1 aromatic carbocycles. The van der Waals surface area contributed by atoms with Crippen molar-refractivity contribution < 1.29 is 9.50 Å². The van der Waals surface area contributed by atoms with E-state index in [1.54, 1.807) is 6.07 Å². The highest BCUT2D eigenvalue weighted by Crippen LogP contribution is 2.21. The molecule has 2 N–H and O–H groups in total. The van der Waals surface area contributed by atoms with Gasteiger partial charge in [0, 0.05) is 31.8 Å². The largest absolute Gasteiger partial charge is 0.396 e. The fourth-order valence-corrected chi connectivity index (χ4v) is 2.19. The maximum absolute atomic E-state index is 14.1. The number of benzene rings is 1.